The van der Waals surface area contributed by atoms with Crippen molar-refractivity contribution in [3.8, 4) is 5.75 Å². The van der Waals surface area contributed by atoms with E-state index in [0.29, 0.717) is 12.2 Å². The first-order valence-corrected chi connectivity index (χ1v) is 9.18. The third-order valence-electron chi connectivity index (χ3n) is 4.51. The van der Waals surface area contributed by atoms with E-state index < -0.39 is 12.5 Å². The van der Waals surface area contributed by atoms with Crippen LogP contribution in [0, 0.1) is 0 Å². The van der Waals surface area contributed by atoms with Gasteiger partial charge in [0.25, 0.3) is 0 Å². The van der Waals surface area contributed by atoms with Crippen LogP contribution in [0.5, 0.6) is 5.75 Å². The number of hydrogen-bond donors (Lipinski definition) is 3. The fourth-order valence-corrected chi connectivity index (χ4v) is 3.20. The maximum Gasteiger partial charge on any atom is 0.573 e. The minimum absolute atomic E-state index is 0. The normalized spacial score (nSPS) is 15.7. The number of anilines is 1. The summed E-state index contributed by atoms with van der Waals surface area (Å²) in [7, 11) is 0. The highest BCUT2D eigenvalue weighted by Gasteiger charge is 2.30. The number of halogens is 4. The molecule has 1 unspecified atom stereocenters. The van der Waals surface area contributed by atoms with E-state index in [0.717, 1.165) is 19.5 Å². The van der Waals surface area contributed by atoms with Crippen molar-refractivity contribution in [1.29, 1.82) is 0 Å². The smallest absolute Gasteiger partial charge is 0.406 e. The molecule has 1 aliphatic rings. The first-order chi connectivity index (χ1) is 13.8. The zero-order chi connectivity index (χ0) is 20.9. The van der Waals surface area contributed by atoms with Crippen molar-refractivity contribution in [1.82, 2.24) is 4.90 Å². The lowest BCUT2D eigenvalue weighted by Crippen LogP contribution is -2.38. The van der Waals surface area contributed by atoms with E-state index in [1.54, 1.807) is 0 Å². The quantitative estimate of drug-likeness (QED) is 0.300. The Hall–Kier alpha value is -2.05. The number of alkyl halides is 3. The van der Waals surface area contributed by atoms with Crippen molar-refractivity contribution in [3.05, 3.63) is 59.7 Å². The Bertz CT molecular complexity index is 847. The van der Waals surface area contributed by atoms with Crippen LogP contribution in [-0.2, 0) is 13.0 Å². The minimum Gasteiger partial charge on any atom is -0.406 e. The average molecular weight is 536 g/mol. The molecule has 2 aromatic rings. The van der Waals surface area contributed by atoms with Crippen LogP contribution in [0.15, 0.2) is 53.5 Å². The number of aliphatic imine (C=N–C) groups is 1. The Labute approximate surface area is 189 Å². The van der Waals surface area contributed by atoms with Gasteiger partial charge in [-0.2, -0.15) is 0 Å². The van der Waals surface area contributed by atoms with Crippen LogP contribution in [0.2, 0.25) is 0 Å². The highest BCUT2D eigenvalue weighted by molar-refractivity contribution is 14.0. The average Bonchev–Trinajstić information content (AvgIpc) is 2.67. The predicted molar refractivity (Wildman–Crippen MR) is 120 cm³/mol. The van der Waals surface area contributed by atoms with Gasteiger partial charge in [0.1, 0.15) is 5.75 Å². The summed E-state index contributed by atoms with van der Waals surface area (Å²) in [6, 6.07) is 13.4. The molecular formula is C20H24F3IN4O2. The Balaban J connectivity index is 0.00000320. The number of benzene rings is 2. The van der Waals surface area contributed by atoms with Gasteiger partial charge in [-0.15, -0.1) is 37.1 Å². The van der Waals surface area contributed by atoms with Crippen LogP contribution in [0.1, 0.15) is 11.1 Å². The zero-order valence-electron chi connectivity index (χ0n) is 16.1. The van der Waals surface area contributed by atoms with E-state index in [1.807, 2.05) is 12.1 Å². The molecule has 3 rings (SSSR count). The van der Waals surface area contributed by atoms with Crippen molar-refractivity contribution in [3.63, 3.8) is 0 Å². The van der Waals surface area contributed by atoms with Gasteiger partial charge in [-0.25, -0.2) is 0 Å². The van der Waals surface area contributed by atoms with Crippen molar-refractivity contribution in [2.45, 2.75) is 25.4 Å². The summed E-state index contributed by atoms with van der Waals surface area (Å²) in [4.78, 5) is 6.28. The van der Waals surface area contributed by atoms with Crippen LogP contribution >= 0.6 is 24.0 Å². The molecule has 6 nitrogen and oxygen atoms in total. The third-order valence-corrected chi connectivity index (χ3v) is 4.51. The molecule has 0 saturated carbocycles. The Kier molecular flexibility index (Phi) is 8.74. The molecule has 0 saturated heterocycles. The number of hydrogen-bond acceptors (Lipinski definition) is 4. The van der Waals surface area contributed by atoms with Crippen LogP contribution in [0.25, 0.3) is 0 Å². The van der Waals surface area contributed by atoms with E-state index in [9.17, 15) is 18.3 Å². The molecule has 30 heavy (non-hydrogen) atoms. The first kappa shape index (κ1) is 24.2. The summed E-state index contributed by atoms with van der Waals surface area (Å²) in [5.74, 6) is -0.255. The number of nitrogens with zero attached hydrogens (tertiary/aromatic N) is 2. The molecule has 0 amide bonds. The number of rotatable bonds is 6. The summed E-state index contributed by atoms with van der Waals surface area (Å²) in [5, 5.41) is 13.0. The molecule has 0 radical (unpaired) electrons. The van der Waals surface area contributed by atoms with Crippen molar-refractivity contribution >= 4 is 35.6 Å². The van der Waals surface area contributed by atoms with E-state index in [2.05, 4.69) is 32.1 Å². The number of fused-ring (bicyclic) bond motifs is 1. The lowest BCUT2D eigenvalue weighted by atomic mass is 10.00. The monoisotopic (exact) mass is 536 g/mol. The van der Waals surface area contributed by atoms with Gasteiger partial charge in [-0.1, -0.05) is 24.3 Å². The van der Waals surface area contributed by atoms with Gasteiger partial charge < -0.3 is 20.9 Å². The molecule has 1 atom stereocenters. The number of ether oxygens (including phenoxy) is 1. The fourth-order valence-electron chi connectivity index (χ4n) is 3.20. The number of aliphatic hydroxyl groups is 1. The standard InChI is InChI=1S/C20H23F3N4O2.HI/c21-20(22,23)29-18-7-5-16(6-8-18)26-19(24)25-11-17(28)13-27-10-9-14-3-1-2-4-15(14)12-27;/h1-8,17,28H,9-13H2,(H3,24,25,26);1H. The Morgan fingerprint density at radius 1 is 1.17 bits per heavy atom. The Morgan fingerprint density at radius 3 is 2.50 bits per heavy atom. The first-order valence-electron chi connectivity index (χ1n) is 9.18. The largest absolute Gasteiger partial charge is 0.573 e. The van der Waals surface area contributed by atoms with Crippen molar-refractivity contribution < 1.29 is 23.0 Å². The van der Waals surface area contributed by atoms with E-state index in [4.69, 9.17) is 5.73 Å². The van der Waals surface area contributed by atoms with Crippen LogP contribution in [0.4, 0.5) is 18.9 Å². The number of nitrogens with two attached hydrogens (primary N) is 1. The van der Waals surface area contributed by atoms with E-state index in [1.165, 1.54) is 35.4 Å². The lowest BCUT2D eigenvalue weighted by Gasteiger charge is -2.30. The van der Waals surface area contributed by atoms with Gasteiger partial charge >= 0.3 is 6.36 Å². The molecule has 10 heteroatoms. The van der Waals surface area contributed by atoms with Gasteiger partial charge in [0, 0.05) is 25.3 Å². The topological polar surface area (TPSA) is 83.1 Å². The highest BCUT2D eigenvalue weighted by Crippen LogP contribution is 2.24. The van der Waals surface area contributed by atoms with Gasteiger partial charge in [0.15, 0.2) is 5.96 Å². The second-order valence-corrected chi connectivity index (χ2v) is 6.83. The van der Waals surface area contributed by atoms with Crippen LogP contribution in [0.3, 0.4) is 0 Å². The van der Waals surface area contributed by atoms with Crippen molar-refractivity contribution in [2.75, 3.05) is 25.0 Å². The molecule has 2 aromatic carbocycles. The number of β-amino-alcohol motifs (C(OH)–C–C–N with tert-alkyl or cyclic N) is 1. The number of guanidine groups is 1. The number of nitrogens with one attached hydrogen (secondary N) is 1. The zero-order valence-corrected chi connectivity index (χ0v) is 18.4. The summed E-state index contributed by atoms with van der Waals surface area (Å²) in [6.45, 7) is 2.26. The van der Waals surface area contributed by atoms with Gasteiger partial charge in [-0.05, 0) is 41.8 Å². The fraction of sp³-hybridized carbons (Fsp3) is 0.350. The molecule has 1 aliphatic heterocycles. The SMILES string of the molecule is I.NC(=NCC(O)CN1CCc2ccccc2C1)Nc1ccc(OC(F)(F)F)cc1. The summed E-state index contributed by atoms with van der Waals surface area (Å²) < 4.78 is 40.3. The van der Waals surface area contributed by atoms with Crippen LogP contribution in [-0.4, -0.2) is 48.1 Å². The molecule has 0 aliphatic carbocycles. The molecule has 4 N–H and O–H groups in total. The maximum absolute atomic E-state index is 12.2. The van der Waals surface area contributed by atoms with Gasteiger partial charge in [0.2, 0.25) is 0 Å². The summed E-state index contributed by atoms with van der Waals surface area (Å²) >= 11 is 0. The minimum atomic E-state index is -4.73. The number of aliphatic hydroxyl groups excluding tert-OH is 1. The van der Waals surface area contributed by atoms with E-state index in [-0.39, 0.29) is 42.2 Å². The van der Waals surface area contributed by atoms with E-state index >= 15 is 0 Å². The predicted octanol–water partition coefficient (Wildman–Crippen LogP) is 3.35. The molecule has 0 spiro atoms. The molecule has 0 aromatic heterocycles. The summed E-state index contributed by atoms with van der Waals surface area (Å²) in [5.41, 5.74) is 8.87. The van der Waals surface area contributed by atoms with Gasteiger partial charge in [-0.3, -0.25) is 9.89 Å². The van der Waals surface area contributed by atoms with Crippen LogP contribution < -0.4 is 15.8 Å². The summed E-state index contributed by atoms with van der Waals surface area (Å²) in [6.07, 6.45) is -4.46. The Morgan fingerprint density at radius 2 is 1.83 bits per heavy atom. The second kappa shape index (κ2) is 10.8. The maximum atomic E-state index is 12.2. The van der Waals surface area contributed by atoms with Crippen molar-refractivity contribution in [2.24, 2.45) is 10.7 Å². The molecule has 0 bridgehead atoms. The second-order valence-electron chi connectivity index (χ2n) is 6.83. The molecule has 0 fully saturated rings. The molecular weight excluding hydrogens is 512 g/mol. The van der Waals surface area contributed by atoms with Gasteiger partial charge in [0.05, 0.1) is 12.6 Å². The molecule has 1 heterocycles. The highest BCUT2D eigenvalue weighted by atomic mass is 127. The third kappa shape index (κ3) is 7.65. The molecule has 164 valence electrons. The lowest BCUT2D eigenvalue weighted by molar-refractivity contribution is -0.274.